The van der Waals surface area contributed by atoms with Crippen molar-refractivity contribution in [2.75, 3.05) is 0 Å². The summed E-state index contributed by atoms with van der Waals surface area (Å²) < 4.78 is 14.8. The molecule has 108 valence electrons. The molecule has 0 saturated carbocycles. The number of nitriles is 1. The van der Waals surface area contributed by atoms with Gasteiger partial charge in [-0.05, 0) is 30.2 Å². The van der Waals surface area contributed by atoms with Gasteiger partial charge in [-0.25, -0.2) is 4.39 Å². The molecule has 0 atom stereocenters. The quantitative estimate of drug-likeness (QED) is 0.723. The second-order valence-electron chi connectivity index (χ2n) is 5.43. The Balaban J connectivity index is 2.26. The fourth-order valence-corrected chi connectivity index (χ4v) is 3.35. The zero-order chi connectivity index (χ0) is 15.4. The molecule has 0 radical (unpaired) electrons. The number of fused-ring (bicyclic) bond motifs is 5. The summed E-state index contributed by atoms with van der Waals surface area (Å²) >= 11 is 0. The minimum Gasteiger partial charge on any atom is -0.352 e. The number of H-pyrrole nitrogens is 1. The molecule has 1 aliphatic rings. The Bertz CT molecular complexity index is 1010. The molecule has 0 saturated heterocycles. The van der Waals surface area contributed by atoms with Gasteiger partial charge in [0.25, 0.3) is 5.91 Å². The van der Waals surface area contributed by atoms with Crippen LogP contribution in [0.3, 0.4) is 0 Å². The van der Waals surface area contributed by atoms with Gasteiger partial charge in [0, 0.05) is 28.4 Å². The van der Waals surface area contributed by atoms with Crippen LogP contribution in [0.4, 0.5) is 4.39 Å². The van der Waals surface area contributed by atoms with Crippen molar-refractivity contribution in [1.82, 2.24) is 10.3 Å². The van der Waals surface area contributed by atoms with Crippen molar-refractivity contribution < 1.29 is 9.18 Å². The minimum absolute atomic E-state index is 0.224. The standard InChI is InChI=1S/C17H12FN3O/c1-2-9-14-11(7-20-17(14)22)13-10-5-8(6-19)3-4-12(10)21-16(13)15(9)18/h3-5,21H,2,7H2,1H3,(H,20,22). The second-order valence-corrected chi connectivity index (χ2v) is 5.43. The smallest absolute Gasteiger partial charge is 0.252 e. The van der Waals surface area contributed by atoms with Gasteiger partial charge in [-0.1, -0.05) is 6.92 Å². The van der Waals surface area contributed by atoms with Crippen molar-refractivity contribution in [3.05, 3.63) is 46.3 Å². The van der Waals surface area contributed by atoms with E-state index < -0.39 is 0 Å². The Morgan fingerprint density at radius 3 is 2.95 bits per heavy atom. The first-order valence-corrected chi connectivity index (χ1v) is 7.12. The van der Waals surface area contributed by atoms with Crippen molar-refractivity contribution in [1.29, 1.82) is 5.26 Å². The van der Waals surface area contributed by atoms with E-state index in [1.54, 1.807) is 18.2 Å². The second kappa shape index (κ2) is 4.31. The summed E-state index contributed by atoms with van der Waals surface area (Å²) in [5.41, 5.74) is 3.42. The first kappa shape index (κ1) is 12.8. The SMILES string of the molecule is CCc1c2c(c3c([nH]c4ccc(C#N)cc43)c1F)CNC2=O. The van der Waals surface area contributed by atoms with E-state index in [9.17, 15) is 9.18 Å². The number of rotatable bonds is 1. The Hall–Kier alpha value is -2.87. The first-order valence-electron chi connectivity index (χ1n) is 7.12. The minimum atomic E-state index is -0.372. The number of aromatic amines is 1. The van der Waals surface area contributed by atoms with Crippen LogP contribution in [0.2, 0.25) is 0 Å². The van der Waals surface area contributed by atoms with Gasteiger partial charge in [0.05, 0.1) is 22.7 Å². The van der Waals surface area contributed by atoms with Gasteiger partial charge in [0.1, 0.15) is 0 Å². The van der Waals surface area contributed by atoms with Gasteiger partial charge < -0.3 is 10.3 Å². The number of nitrogens with one attached hydrogen (secondary N) is 2. The summed E-state index contributed by atoms with van der Waals surface area (Å²) in [5.74, 6) is -0.596. The highest BCUT2D eigenvalue weighted by molar-refractivity contribution is 6.15. The monoisotopic (exact) mass is 293 g/mol. The number of aromatic nitrogens is 1. The van der Waals surface area contributed by atoms with E-state index in [0.717, 1.165) is 16.5 Å². The molecule has 4 rings (SSSR count). The third-order valence-electron chi connectivity index (χ3n) is 4.32. The third kappa shape index (κ3) is 1.47. The summed E-state index contributed by atoms with van der Waals surface area (Å²) in [4.78, 5) is 15.2. The third-order valence-corrected chi connectivity index (χ3v) is 4.32. The zero-order valence-electron chi connectivity index (χ0n) is 11.9. The molecule has 0 bridgehead atoms. The number of nitrogens with zero attached hydrogens (tertiary/aromatic N) is 1. The summed E-state index contributed by atoms with van der Waals surface area (Å²) in [6.07, 6.45) is 0.455. The van der Waals surface area contributed by atoms with Crippen LogP contribution in [0.1, 0.15) is 34.0 Å². The molecule has 0 aliphatic carbocycles. The van der Waals surface area contributed by atoms with Crippen LogP contribution in [0.25, 0.3) is 21.8 Å². The number of halogens is 1. The largest absolute Gasteiger partial charge is 0.352 e. The highest BCUT2D eigenvalue weighted by atomic mass is 19.1. The van der Waals surface area contributed by atoms with Crippen molar-refractivity contribution in [3.8, 4) is 6.07 Å². The molecule has 0 fully saturated rings. The Kier molecular flexibility index (Phi) is 2.52. The molecular formula is C17H12FN3O. The van der Waals surface area contributed by atoms with E-state index in [1.165, 1.54) is 0 Å². The Morgan fingerprint density at radius 1 is 1.41 bits per heavy atom. The molecule has 4 nitrogen and oxygen atoms in total. The van der Waals surface area contributed by atoms with Crippen LogP contribution >= 0.6 is 0 Å². The van der Waals surface area contributed by atoms with Gasteiger partial charge in [-0.2, -0.15) is 5.26 Å². The fourth-order valence-electron chi connectivity index (χ4n) is 3.35. The van der Waals surface area contributed by atoms with Gasteiger partial charge in [-0.15, -0.1) is 0 Å². The maximum absolute atomic E-state index is 14.8. The molecule has 1 aromatic heterocycles. The lowest BCUT2D eigenvalue weighted by atomic mass is 9.95. The Labute approximate surface area is 125 Å². The molecule has 2 N–H and O–H groups in total. The van der Waals surface area contributed by atoms with Crippen LogP contribution < -0.4 is 5.32 Å². The number of hydrogen-bond donors (Lipinski definition) is 2. The molecule has 2 heterocycles. The molecule has 1 amide bonds. The lowest BCUT2D eigenvalue weighted by Crippen LogP contribution is -2.14. The van der Waals surface area contributed by atoms with Crippen LogP contribution in [-0.2, 0) is 13.0 Å². The normalized spacial score (nSPS) is 13.4. The van der Waals surface area contributed by atoms with Gasteiger partial charge in [-0.3, -0.25) is 4.79 Å². The fraction of sp³-hybridized carbons (Fsp3) is 0.176. The van der Waals surface area contributed by atoms with E-state index >= 15 is 0 Å². The average Bonchev–Trinajstić information content (AvgIpc) is 3.09. The number of amides is 1. The first-order chi connectivity index (χ1) is 10.7. The lowest BCUT2D eigenvalue weighted by molar-refractivity contribution is 0.0964. The highest BCUT2D eigenvalue weighted by Crippen LogP contribution is 2.37. The van der Waals surface area contributed by atoms with Crippen LogP contribution in [0, 0.1) is 17.1 Å². The van der Waals surface area contributed by atoms with Crippen LogP contribution in [-0.4, -0.2) is 10.9 Å². The van der Waals surface area contributed by atoms with Crippen molar-refractivity contribution in [3.63, 3.8) is 0 Å². The molecule has 5 heteroatoms. The van der Waals surface area contributed by atoms with Gasteiger partial charge in [0.15, 0.2) is 5.82 Å². The van der Waals surface area contributed by atoms with E-state index in [-0.39, 0.29) is 11.7 Å². The summed E-state index contributed by atoms with van der Waals surface area (Å²) in [7, 11) is 0. The predicted octanol–water partition coefficient (Wildman–Crippen LogP) is 3.14. The molecular weight excluding hydrogens is 281 g/mol. The van der Waals surface area contributed by atoms with E-state index in [0.29, 0.717) is 40.6 Å². The van der Waals surface area contributed by atoms with Gasteiger partial charge >= 0.3 is 0 Å². The average molecular weight is 293 g/mol. The molecule has 3 aromatic rings. The number of benzene rings is 2. The highest BCUT2D eigenvalue weighted by Gasteiger charge is 2.29. The number of carbonyl (C=O) groups excluding carboxylic acids is 1. The summed E-state index contributed by atoms with van der Waals surface area (Å²) in [6, 6.07) is 7.30. The maximum Gasteiger partial charge on any atom is 0.252 e. The number of carbonyl (C=O) groups is 1. The van der Waals surface area contributed by atoms with Crippen LogP contribution in [0.15, 0.2) is 18.2 Å². The summed E-state index contributed by atoms with van der Waals surface area (Å²) in [6.45, 7) is 2.23. The van der Waals surface area contributed by atoms with Crippen LogP contribution in [0.5, 0.6) is 0 Å². The molecule has 22 heavy (non-hydrogen) atoms. The van der Waals surface area contributed by atoms with Gasteiger partial charge in [0.2, 0.25) is 0 Å². The molecule has 0 unspecified atom stereocenters. The lowest BCUT2D eigenvalue weighted by Gasteiger charge is -2.08. The van der Waals surface area contributed by atoms with Crippen molar-refractivity contribution >= 4 is 27.7 Å². The van der Waals surface area contributed by atoms with E-state index in [2.05, 4.69) is 16.4 Å². The maximum atomic E-state index is 14.8. The summed E-state index contributed by atoms with van der Waals surface area (Å²) in [5, 5.41) is 13.3. The number of hydrogen-bond acceptors (Lipinski definition) is 2. The molecule has 2 aromatic carbocycles. The molecule has 0 spiro atoms. The molecule has 1 aliphatic heterocycles. The van der Waals surface area contributed by atoms with Crippen molar-refractivity contribution in [2.24, 2.45) is 0 Å². The van der Waals surface area contributed by atoms with E-state index in [4.69, 9.17) is 5.26 Å². The Morgan fingerprint density at radius 2 is 2.23 bits per heavy atom. The van der Waals surface area contributed by atoms with E-state index in [1.807, 2.05) is 6.92 Å². The topological polar surface area (TPSA) is 68.7 Å². The predicted molar refractivity (Wildman–Crippen MR) is 81.0 cm³/mol. The zero-order valence-corrected chi connectivity index (χ0v) is 11.9. The van der Waals surface area contributed by atoms with Crippen molar-refractivity contribution in [2.45, 2.75) is 19.9 Å².